The van der Waals surface area contributed by atoms with Gasteiger partial charge in [0, 0.05) is 39.1 Å². The fourth-order valence-corrected chi connectivity index (χ4v) is 9.93. The number of ether oxygens (including phenoxy) is 12. The van der Waals surface area contributed by atoms with E-state index >= 15 is 0 Å². The Morgan fingerprint density at radius 3 is 1.59 bits per heavy atom. The number of hydrogen-bond donors (Lipinski definition) is 0. The number of rotatable bonds is 29. The van der Waals surface area contributed by atoms with Crippen molar-refractivity contribution in [1.29, 1.82) is 0 Å². The second-order valence-electron chi connectivity index (χ2n) is 21.0. The van der Waals surface area contributed by atoms with E-state index in [0.717, 1.165) is 48.8 Å². The molecule has 0 aliphatic carbocycles. The molecule has 0 amide bonds. The van der Waals surface area contributed by atoms with Crippen molar-refractivity contribution in [2.24, 2.45) is 0 Å². The van der Waals surface area contributed by atoms with Gasteiger partial charge in [-0.25, -0.2) is 0 Å². The average molecular weight is 1120 g/mol. The summed E-state index contributed by atoms with van der Waals surface area (Å²) in [7, 11) is -1.06. The van der Waals surface area contributed by atoms with Crippen LogP contribution in [0.2, 0.25) is 18.1 Å². The number of unbranched alkanes of at least 4 members (excludes halogenated alkanes) is 5. The van der Waals surface area contributed by atoms with Crippen molar-refractivity contribution in [3.05, 3.63) is 138 Å². The number of methoxy groups -OCH3 is 1. The molecule has 0 aromatic heterocycles. The van der Waals surface area contributed by atoms with Crippen LogP contribution in [0.5, 0.6) is 5.75 Å². The van der Waals surface area contributed by atoms with Crippen molar-refractivity contribution < 1.29 is 75.7 Å². The molecule has 6 rings (SSSR count). The van der Waals surface area contributed by atoms with Crippen LogP contribution >= 0.6 is 12.2 Å². The van der Waals surface area contributed by atoms with E-state index in [1.54, 1.807) is 24.3 Å². The molecule has 2 saturated heterocycles. The van der Waals surface area contributed by atoms with Crippen LogP contribution < -0.4 is 4.74 Å². The first kappa shape index (κ1) is 62.1. The van der Waals surface area contributed by atoms with Gasteiger partial charge in [0.2, 0.25) is 0 Å². The largest absolute Gasteiger partial charge is 0.469 e. The Morgan fingerprint density at radius 1 is 0.551 bits per heavy atom. The summed E-state index contributed by atoms with van der Waals surface area (Å²) in [5.41, 5.74) is 2.63. The fourth-order valence-electron chi connectivity index (χ4n) is 8.71. The van der Waals surface area contributed by atoms with E-state index in [2.05, 4.69) is 33.9 Å². The van der Waals surface area contributed by atoms with E-state index in [4.69, 9.17) is 73.5 Å². The maximum absolute atomic E-state index is 13.6. The Bertz CT molecular complexity index is 2390. The van der Waals surface area contributed by atoms with Crippen molar-refractivity contribution in [2.75, 3.05) is 26.9 Å². The zero-order valence-corrected chi connectivity index (χ0v) is 48.3. The molecule has 2 heterocycles. The minimum Gasteiger partial charge on any atom is -0.469 e. The lowest BCUT2D eigenvalue weighted by Crippen LogP contribution is -2.67. The molecule has 10 atom stereocenters. The summed E-state index contributed by atoms with van der Waals surface area (Å²) < 4.78 is 84.8. The van der Waals surface area contributed by atoms with Crippen LogP contribution in [0.1, 0.15) is 96.3 Å². The number of esters is 3. The minimum absolute atomic E-state index is 0.00800. The monoisotopic (exact) mass is 1120 g/mol. The van der Waals surface area contributed by atoms with E-state index in [-0.39, 0.29) is 55.9 Å². The Labute approximate surface area is 467 Å². The van der Waals surface area contributed by atoms with Crippen LogP contribution in [-0.2, 0) is 90.7 Å². The van der Waals surface area contributed by atoms with Crippen LogP contribution in [-0.4, -0.2) is 120 Å². The molecule has 16 nitrogen and oxygen atoms in total. The van der Waals surface area contributed by atoms with Crippen molar-refractivity contribution in [2.45, 2.75) is 179 Å². The second-order valence-corrected chi connectivity index (χ2v) is 26.1. The number of para-hydroxylation sites is 1. The summed E-state index contributed by atoms with van der Waals surface area (Å²) >= 11 is 5.78. The molecule has 426 valence electrons. The van der Waals surface area contributed by atoms with Crippen LogP contribution in [0.3, 0.4) is 0 Å². The summed E-state index contributed by atoms with van der Waals surface area (Å²) in [4.78, 5) is 37.9. The van der Waals surface area contributed by atoms with E-state index in [1.165, 1.54) is 21.0 Å². The van der Waals surface area contributed by atoms with E-state index < -0.39 is 81.7 Å². The molecule has 0 N–H and O–H groups in total. The Kier molecular flexibility index (Phi) is 25.2. The molecule has 0 saturated carbocycles. The highest BCUT2D eigenvalue weighted by Crippen LogP contribution is 2.40. The number of hydrogen-bond acceptors (Lipinski definition) is 17. The van der Waals surface area contributed by atoms with Crippen LogP contribution in [0.25, 0.3) is 0 Å². The lowest BCUT2D eigenvalue weighted by molar-refractivity contribution is -0.376. The molecule has 2 aliphatic rings. The van der Waals surface area contributed by atoms with Crippen LogP contribution in [0, 0.1) is 0 Å². The molecular formula is C60H80O16SSi. The van der Waals surface area contributed by atoms with Gasteiger partial charge in [0.25, 0.3) is 0 Å². The standard InChI is InChI=1S/C60H80O16SSi/c1-42(61)66-40-48-51(67-37-44-27-17-13-18-28-44)53(68-38-45-29-19-14-20-30-45)55(69-39-46-31-21-15-22-32-46)58(74-48)75-56-54(71-43(2)62)52(76-59(77)72-47-33-23-16-24-34-47)49(41-70-78(7,8)60(3,4)5)73-57(56)65-36-26-12-10-9-11-25-35-50(63)64-6/h13-24,27-34,48-49,51-58H,9-12,25-26,35-41H2,1-8H3/t48-,49-,51-,52-,53+,54+,55-,56-,57+,58-/m1/s1. The smallest absolute Gasteiger partial charge is 0.358 e. The van der Waals surface area contributed by atoms with E-state index in [0.29, 0.717) is 18.6 Å². The molecule has 0 spiro atoms. The third kappa shape index (κ3) is 19.9. The normalized spacial score (nSPS) is 23.4. The van der Waals surface area contributed by atoms with Gasteiger partial charge in [-0.3, -0.25) is 14.4 Å². The third-order valence-electron chi connectivity index (χ3n) is 14.0. The summed E-state index contributed by atoms with van der Waals surface area (Å²) in [5.74, 6) is -0.980. The number of carbonyl (C=O) groups is 3. The van der Waals surface area contributed by atoms with Gasteiger partial charge in [0.1, 0.15) is 42.9 Å². The molecule has 4 aromatic rings. The lowest BCUT2D eigenvalue weighted by Gasteiger charge is -2.50. The molecule has 2 fully saturated rings. The van der Waals surface area contributed by atoms with Crippen molar-refractivity contribution in [3.63, 3.8) is 0 Å². The van der Waals surface area contributed by atoms with Crippen LogP contribution in [0.4, 0.5) is 0 Å². The Morgan fingerprint density at radius 2 is 1.05 bits per heavy atom. The number of thiocarbonyl (C=S) groups is 1. The predicted octanol–water partition coefficient (Wildman–Crippen LogP) is 10.8. The molecule has 4 aromatic carbocycles. The third-order valence-corrected chi connectivity index (χ3v) is 18.6. The molecule has 0 unspecified atom stereocenters. The zero-order chi connectivity index (χ0) is 55.9. The highest BCUT2D eigenvalue weighted by atomic mass is 32.1. The highest BCUT2D eigenvalue weighted by molar-refractivity contribution is 7.79. The highest BCUT2D eigenvalue weighted by Gasteiger charge is 2.56. The van der Waals surface area contributed by atoms with Gasteiger partial charge in [-0.15, -0.1) is 0 Å². The molecule has 2 aliphatic heterocycles. The first-order valence-corrected chi connectivity index (χ1v) is 30.3. The fraction of sp³-hybridized carbons (Fsp3) is 0.533. The molecule has 18 heteroatoms. The van der Waals surface area contributed by atoms with E-state index in [9.17, 15) is 14.4 Å². The first-order chi connectivity index (χ1) is 37.5. The molecule has 0 bridgehead atoms. The zero-order valence-electron chi connectivity index (χ0n) is 46.5. The molecular weight excluding hydrogens is 1040 g/mol. The number of benzene rings is 4. The van der Waals surface area contributed by atoms with Gasteiger partial charge in [-0.05, 0) is 59.8 Å². The maximum Gasteiger partial charge on any atom is 0.358 e. The van der Waals surface area contributed by atoms with Crippen LogP contribution in [0.15, 0.2) is 121 Å². The van der Waals surface area contributed by atoms with Gasteiger partial charge in [0.15, 0.2) is 39.2 Å². The van der Waals surface area contributed by atoms with Gasteiger partial charge in [0.05, 0.1) is 33.5 Å². The molecule has 78 heavy (non-hydrogen) atoms. The van der Waals surface area contributed by atoms with Gasteiger partial charge >= 0.3 is 23.1 Å². The second kappa shape index (κ2) is 31.6. The quantitative estimate of drug-likeness (QED) is 0.0165. The Balaban J connectivity index is 1.42. The molecule has 0 radical (unpaired) electrons. The van der Waals surface area contributed by atoms with Crippen molar-refractivity contribution in [3.8, 4) is 5.75 Å². The summed E-state index contributed by atoms with van der Waals surface area (Å²) in [6, 6.07) is 37.9. The van der Waals surface area contributed by atoms with Gasteiger partial charge < -0.3 is 61.3 Å². The minimum atomic E-state index is -2.46. The number of carbonyl (C=O) groups excluding carboxylic acids is 3. The summed E-state index contributed by atoms with van der Waals surface area (Å²) in [5, 5.41) is -0.446. The van der Waals surface area contributed by atoms with Crippen molar-refractivity contribution in [1.82, 2.24) is 0 Å². The lowest BCUT2D eigenvalue weighted by atomic mass is 9.96. The Hall–Kier alpha value is -5.12. The maximum atomic E-state index is 13.6. The van der Waals surface area contributed by atoms with Crippen molar-refractivity contribution >= 4 is 43.7 Å². The van der Waals surface area contributed by atoms with Gasteiger partial charge in [-0.1, -0.05) is 156 Å². The van der Waals surface area contributed by atoms with Gasteiger partial charge in [-0.2, -0.15) is 0 Å². The SMILES string of the molecule is COC(=O)CCCCCCCCO[C@H]1O[C@H](CO[Si](C)(C)C(C)(C)C)[C@@H](OC(=S)Oc2ccccc2)[C@H](OC(C)=O)[C@H]1O[C@H]1O[C@H](COC(C)=O)[C@@H](OCc2ccccc2)[C@H](OCc2ccccc2)[C@H]1OCc1ccccc1. The first-order valence-electron chi connectivity index (χ1n) is 27.0. The van der Waals surface area contributed by atoms with E-state index in [1.807, 2.05) is 97.1 Å². The predicted molar refractivity (Wildman–Crippen MR) is 297 cm³/mol. The average Bonchev–Trinajstić information content (AvgIpc) is 3.52. The summed E-state index contributed by atoms with van der Waals surface area (Å²) in [6.07, 6.45) is -5.93. The topological polar surface area (TPSA) is 171 Å². The summed E-state index contributed by atoms with van der Waals surface area (Å²) in [6.45, 7) is 13.7.